The second-order valence-electron chi connectivity index (χ2n) is 6.09. The molecule has 1 saturated heterocycles. The van der Waals surface area contributed by atoms with Gasteiger partial charge >= 0.3 is 0 Å². The van der Waals surface area contributed by atoms with Crippen LogP contribution in [0, 0.1) is 0 Å². The van der Waals surface area contributed by atoms with Crippen molar-refractivity contribution in [1.29, 1.82) is 0 Å². The zero-order chi connectivity index (χ0) is 17.9. The fourth-order valence-corrected chi connectivity index (χ4v) is 3.28. The number of carbonyl (C=O) groups is 1. The summed E-state index contributed by atoms with van der Waals surface area (Å²) >= 11 is 6.10. The van der Waals surface area contributed by atoms with Gasteiger partial charge in [-0.05, 0) is 23.8 Å². The van der Waals surface area contributed by atoms with Gasteiger partial charge in [0.2, 0.25) is 0 Å². The molecule has 26 heavy (non-hydrogen) atoms. The van der Waals surface area contributed by atoms with E-state index in [0.29, 0.717) is 29.4 Å². The zero-order valence-electron chi connectivity index (χ0n) is 13.9. The van der Waals surface area contributed by atoms with Crippen LogP contribution in [0.15, 0.2) is 55.1 Å². The number of benzene rings is 1. The highest BCUT2D eigenvalue weighted by atomic mass is 35.5. The molecule has 1 aromatic carbocycles. The molecule has 4 rings (SSSR count). The maximum atomic E-state index is 13.0. The number of piperazine rings is 1. The number of aromatic nitrogens is 4. The van der Waals surface area contributed by atoms with Crippen LogP contribution in [-0.2, 0) is 0 Å². The van der Waals surface area contributed by atoms with Gasteiger partial charge in [-0.1, -0.05) is 28.9 Å². The third-order valence-electron chi connectivity index (χ3n) is 4.37. The highest BCUT2D eigenvalue weighted by molar-refractivity contribution is 6.30. The Hall–Kier alpha value is -2.77. The van der Waals surface area contributed by atoms with Crippen LogP contribution in [0.1, 0.15) is 22.0 Å². The summed E-state index contributed by atoms with van der Waals surface area (Å²) < 4.78 is 1.58. The molecule has 1 aliphatic rings. The molecule has 0 bridgehead atoms. The first-order valence-corrected chi connectivity index (χ1v) is 8.68. The Morgan fingerprint density at radius 1 is 1.27 bits per heavy atom. The van der Waals surface area contributed by atoms with Crippen LogP contribution in [0.5, 0.6) is 0 Å². The fraction of sp³-hybridized carbons (Fsp3) is 0.222. The van der Waals surface area contributed by atoms with E-state index in [1.54, 1.807) is 35.5 Å². The monoisotopic (exact) mass is 368 g/mol. The Morgan fingerprint density at radius 3 is 3.00 bits per heavy atom. The molecule has 0 saturated carbocycles. The van der Waals surface area contributed by atoms with Crippen molar-refractivity contribution in [3.05, 3.63) is 71.3 Å². The number of carbonyl (C=O) groups excluding carboxylic acids is 1. The van der Waals surface area contributed by atoms with Crippen LogP contribution in [0.3, 0.4) is 0 Å². The zero-order valence-corrected chi connectivity index (χ0v) is 14.7. The van der Waals surface area contributed by atoms with Gasteiger partial charge in [-0.3, -0.25) is 9.78 Å². The van der Waals surface area contributed by atoms with Crippen molar-refractivity contribution in [1.82, 2.24) is 30.2 Å². The SMILES string of the molecule is O=C(c1cncc(-n2ccnn2)c1)N1CCNC(c2cccc(Cl)c2)C1. The highest BCUT2D eigenvalue weighted by Crippen LogP contribution is 2.22. The van der Waals surface area contributed by atoms with E-state index >= 15 is 0 Å². The van der Waals surface area contributed by atoms with E-state index < -0.39 is 0 Å². The van der Waals surface area contributed by atoms with E-state index in [2.05, 4.69) is 20.6 Å². The Bertz CT molecular complexity index is 914. The smallest absolute Gasteiger partial charge is 0.255 e. The maximum absolute atomic E-state index is 13.0. The number of pyridine rings is 1. The minimum absolute atomic E-state index is 0.0482. The largest absolute Gasteiger partial charge is 0.335 e. The molecule has 1 amide bonds. The van der Waals surface area contributed by atoms with E-state index in [-0.39, 0.29) is 11.9 Å². The number of halogens is 1. The summed E-state index contributed by atoms with van der Waals surface area (Å²) in [6.45, 7) is 1.94. The first kappa shape index (κ1) is 16.7. The Morgan fingerprint density at radius 2 is 2.19 bits per heavy atom. The highest BCUT2D eigenvalue weighted by Gasteiger charge is 2.25. The predicted molar refractivity (Wildman–Crippen MR) is 97.3 cm³/mol. The first-order chi connectivity index (χ1) is 12.7. The third-order valence-corrected chi connectivity index (χ3v) is 4.61. The summed E-state index contributed by atoms with van der Waals surface area (Å²) in [4.78, 5) is 19.0. The minimum atomic E-state index is -0.0482. The molecule has 0 spiro atoms. The lowest BCUT2D eigenvalue weighted by atomic mass is 10.0. The summed E-state index contributed by atoms with van der Waals surface area (Å²) in [5, 5.41) is 11.9. The second-order valence-corrected chi connectivity index (χ2v) is 6.53. The van der Waals surface area contributed by atoms with Gasteiger partial charge in [0.05, 0.1) is 35.9 Å². The molecule has 132 valence electrons. The summed E-state index contributed by atoms with van der Waals surface area (Å²) in [6, 6.07) is 9.55. The number of nitrogens with one attached hydrogen (secondary N) is 1. The number of hydrogen-bond donors (Lipinski definition) is 1. The standard InChI is InChI=1S/C18H17ClN6O/c19-15-3-1-2-13(8-15)17-12-24(6-4-21-17)18(26)14-9-16(11-20-10-14)25-7-5-22-23-25/h1-3,5,7-11,17,21H,4,6,12H2. The van der Waals surface area contributed by atoms with Crippen molar-refractivity contribution in [2.24, 2.45) is 0 Å². The van der Waals surface area contributed by atoms with Crippen LogP contribution in [0.4, 0.5) is 0 Å². The molecule has 7 nitrogen and oxygen atoms in total. The van der Waals surface area contributed by atoms with Crippen LogP contribution >= 0.6 is 11.6 Å². The van der Waals surface area contributed by atoms with Gasteiger partial charge in [-0.15, -0.1) is 5.10 Å². The van der Waals surface area contributed by atoms with E-state index in [1.165, 1.54) is 0 Å². The molecule has 2 aromatic heterocycles. The van der Waals surface area contributed by atoms with Crippen LogP contribution in [0.2, 0.25) is 5.02 Å². The summed E-state index contributed by atoms with van der Waals surface area (Å²) in [5.74, 6) is -0.0482. The Kier molecular flexibility index (Phi) is 4.64. The molecule has 0 radical (unpaired) electrons. The van der Waals surface area contributed by atoms with Crippen molar-refractivity contribution in [2.45, 2.75) is 6.04 Å². The number of nitrogens with zero attached hydrogens (tertiary/aromatic N) is 5. The lowest BCUT2D eigenvalue weighted by Crippen LogP contribution is -2.48. The Labute approximate surface area is 155 Å². The molecule has 0 aliphatic carbocycles. The van der Waals surface area contributed by atoms with Crippen molar-refractivity contribution >= 4 is 17.5 Å². The average Bonchev–Trinajstić information content (AvgIpc) is 3.22. The van der Waals surface area contributed by atoms with Gasteiger partial charge in [0.15, 0.2) is 0 Å². The van der Waals surface area contributed by atoms with Crippen molar-refractivity contribution in [3.8, 4) is 5.69 Å². The molecule has 3 heterocycles. The normalized spacial score (nSPS) is 17.3. The molecular formula is C18H17ClN6O. The van der Waals surface area contributed by atoms with Gasteiger partial charge < -0.3 is 10.2 Å². The molecule has 3 aromatic rings. The molecule has 1 atom stereocenters. The van der Waals surface area contributed by atoms with Gasteiger partial charge in [-0.25, -0.2) is 4.68 Å². The van der Waals surface area contributed by atoms with E-state index in [9.17, 15) is 4.79 Å². The molecule has 1 N–H and O–H groups in total. The molecular weight excluding hydrogens is 352 g/mol. The minimum Gasteiger partial charge on any atom is -0.335 e. The number of hydrogen-bond acceptors (Lipinski definition) is 5. The number of rotatable bonds is 3. The van der Waals surface area contributed by atoms with Crippen molar-refractivity contribution in [2.75, 3.05) is 19.6 Å². The molecule has 1 fully saturated rings. The summed E-state index contributed by atoms with van der Waals surface area (Å²) in [7, 11) is 0. The van der Waals surface area contributed by atoms with Gasteiger partial charge in [-0.2, -0.15) is 0 Å². The first-order valence-electron chi connectivity index (χ1n) is 8.30. The molecule has 1 unspecified atom stereocenters. The van der Waals surface area contributed by atoms with Gasteiger partial charge in [0.25, 0.3) is 5.91 Å². The van der Waals surface area contributed by atoms with Gasteiger partial charge in [0, 0.05) is 30.9 Å². The van der Waals surface area contributed by atoms with Crippen LogP contribution < -0.4 is 5.32 Å². The predicted octanol–water partition coefficient (Wildman–Crippen LogP) is 2.10. The third kappa shape index (κ3) is 3.44. The van der Waals surface area contributed by atoms with Crippen LogP contribution in [-0.4, -0.2) is 50.4 Å². The molecule has 8 heteroatoms. The van der Waals surface area contributed by atoms with E-state index in [0.717, 1.165) is 12.1 Å². The number of amides is 1. The van der Waals surface area contributed by atoms with Crippen molar-refractivity contribution in [3.63, 3.8) is 0 Å². The van der Waals surface area contributed by atoms with Crippen LogP contribution in [0.25, 0.3) is 5.69 Å². The van der Waals surface area contributed by atoms with Crippen molar-refractivity contribution < 1.29 is 4.79 Å². The van der Waals surface area contributed by atoms with Gasteiger partial charge in [0.1, 0.15) is 0 Å². The molecule has 1 aliphatic heterocycles. The summed E-state index contributed by atoms with van der Waals surface area (Å²) in [6.07, 6.45) is 6.53. The maximum Gasteiger partial charge on any atom is 0.255 e. The Balaban J connectivity index is 1.54. The lowest BCUT2D eigenvalue weighted by Gasteiger charge is -2.34. The quantitative estimate of drug-likeness (QED) is 0.766. The fourth-order valence-electron chi connectivity index (χ4n) is 3.08. The van der Waals surface area contributed by atoms with E-state index in [4.69, 9.17) is 11.6 Å². The average molecular weight is 369 g/mol. The topological polar surface area (TPSA) is 75.9 Å². The summed E-state index contributed by atoms with van der Waals surface area (Å²) in [5.41, 5.74) is 2.31. The second kappa shape index (κ2) is 7.23. The van der Waals surface area contributed by atoms with E-state index in [1.807, 2.05) is 29.2 Å². The lowest BCUT2D eigenvalue weighted by molar-refractivity contribution is 0.0702.